The molecule has 0 bridgehead atoms. The van der Waals surface area contributed by atoms with E-state index < -0.39 is 0 Å². The Balaban J connectivity index is 3.10. The fourth-order valence-electron chi connectivity index (χ4n) is 1.38. The van der Waals surface area contributed by atoms with Crippen LogP contribution in [0.25, 0.3) is 5.57 Å². The molecule has 0 atom stereocenters. The van der Waals surface area contributed by atoms with E-state index in [1.807, 2.05) is 32.0 Å². The Morgan fingerprint density at radius 3 is 2.62 bits per heavy atom. The first-order valence-electron chi connectivity index (χ1n) is 4.64. The summed E-state index contributed by atoms with van der Waals surface area (Å²) >= 11 is 0. The van der Waals surface area contributed by atoms with Crippen molar-refractivity contribution in [3.8, 4) is 5.75 Å². The van der Waals surface area contributed by atoms with Crippen molar-refractivity contribution in [2.75, 3.05) is 0 Å². The molecule has 70 valence electrons. The highest BCUT2D eigenvalue weighted by Gasteiger charge is 2.01. The summed E-state index contributed by atoms with van der Waals surface area (Å²) in [7, 11) is 0. The number of hydrogen-bond donors (Lipinski definition) is 1. The molecular weight excluding hydrogens is 160 g/mol. The molecule has 1 N–H and O–H groups in total. The number of benzene rings is 1. The average molecular weight is 176 g/mol. The van der Waals surface area contributed by atoms with Crippen LogP contribution in [0.5, 0.6) is 5.75 Å². The molecule has 0 radical (unpaired) electrons. The molecule has 1 aromatic carbocycles. The van der Waals surface area contributed by atoms with Gasteiger partial charge in [-0.15, -0.1) is 0 Å². The minimum absolute atomic E-state index is 0.380. The van der Waals surface area contributed by atoms with E-state index in [4.69, 9.17) is 0 Å². The molecule has 13 heavy (non-hydrogen) atoms. The molecule has 0 aliphatic carbocycles. The molecule has 0 aliphatic heterocycles. The predicted molar refractivity (Wildman–Crippen MR) is 56.8 cm³/mol. The van der Waals surface area contributed by atoms with Gasteiger partial charge in [0.05, 0.1) is 0 Å². The van der Waals surface area contributed by atoms with Crippen molar-refractivity contribution in [3.05, 3.63) is 35.4 Å². The Bertz CT molecular complexity index is 324. The Kier molecular flexibility index (Phi) is 3.13. The first-order valence-corrected chi connectivity index (χ1v) is 4.64. The third-order valence-corrected chi connectivity index (χ3v) is 2.31. The number of aromatic hydroxyl groups is 1. The van der Waals surface area contributed by atoms with E-state index in [1.165, 1.54) is 5.57 Å². The number of allylic oxidation sites excluding steroid dienone is 2. The van der Waals surface area contributed by atoms with Gasteiger partial charge in [-0.3, -0.25) is 0 Å². The highest BCUT2D eigenvalue weighted by Crippen LogP contribution is 2.24. The lowest BCUT2D eigenvalue weighted by atomic mass is 10.0. The number of hydrogen-bond acceptors (Lipinski definition) is 1. The van der Waals surface area contributed by atoms with Gasteiger partial charge < -0.3 is 5.11 Å². The SMILES string of the molecule is C/C=C(/CC)c1ccc(C)c(O)c1. The third kappa shape index (κ3) is 2.11. The van der Waals surface area contributed by atoms with Gasteiger partial charge in [-0.1, -0.05) is 25.1 Å². The van der Waals surface area contributed by atoms with Crippen LogP contribution >= 0.6 is 0 Å². The second kappa shape index (κ2) is 4.13. The van der Waals surface area contributed by atoms with Crippen LogP contribution in [0.3, 0.4) is 0 Å². The summed E-state index contributed by atoms with van der Waals surface area (Å²) in [5.74, 6) is 0.380. The van der Waals surface area contributed by atoms with Crippen molar-refractivity contribution in [1.29, 1.82) is 0 Å². The van der Waals surface area contributed by atoms with Crippen LogP contribution in [0.2, 0.25) is 0 Å². The van der Waals surface area contributed by atoms with Gasteiger partial charge in [0.15, 0.2) is 0 Å². The molecule has 0 saturated carbocycles. The highest BCUT2D eigenvalue weighted by atomic mass is 16.3. The van der Waals surface area contributed by atoms with Crippen molar-refractivity contribution in [1.82, 2.24) is 0 Å². The van der Waals surface area contributed by atoms with Crippen molar-refractivity contribution >= 4 is 5.57 Å². The Morgan fingerprint density at radius 2 is 2.15 bits per heavy atom. The molecule has 0 aliphatic rings. The molecule has 0 fully saturated rings. The molecule has 0 saturated heterocycles. The minimum atomic E-state index is 0.380. The topological polar surface area (TPSA) is 20.2 Å². The minimum Gasteiger partial charge on any atom is -0.508 e. The van der Waals surface area contributed by atoms with Gasteiger partial charge in [0.25, 0.3) is 0 Å². The molecule has 0 aromatic heterocycles. The smallest absolute Gasteiger partial charge is 0.119 e. The number of phenols is 1. The molecule has 1 heteroatoms. The molecule has 0 amide bonds. The first-order chi connectivity index (χ1) is 6.19. The van der Waals surface area contributed by atoms with Gasteiger partial charge in [0.2, 0.25) is 0 Å². The number of rotatable bonds is 2. The van der Waals surface area contributed by atoms with Gasteiger partial charge in [-0.25, -0.2) is 0 Å². The fraction of sp³-hybridized carbons (Fsp3) is 0.333. The van der Waals surface area contributed by atoms with Crippen molar-refractivity contribution in [2.24, 2.45) is 0 Å². The maximum atomic E-state index is 9.51. The van der Waals surface area contributed by atoms with E-state index >= 15 is 0 Å². The van der Waals surface area contributed by atoms with Crippen molar-refractivity contribution in [3.63, 3.8) is 0 Å². The van der Waals surface area contributed by atoms with Gasteiger partial charge in [0.1, 0.15) is 5.75 Å². The number of aryl methyl sites for hydroxylation is 1. The predicted octanol–water partition coefficient (Wildman–Crippen LogP) is 3.51. The zero-order chi connectivity index (χ0) is 9.84. The van der Waals surface area contributed by atoms with Crippen LogP contribution in [-0.2, 0) is 0 Å². The van der Waals surface area contributed by atoms with Crippen LogP contribution in [0.4, 0.5) is 0 Å². The van der Waals surface area contributed by atoms with Gasteiger partial charge in [-0.2, -0.15) is 0 Å². The molecule has 0 heterocycles. The number of phenolic OH excluding ortho intramolecular Hbond substituents is 1. The zero-order valence-electron chi connectivity index (χ0n) is 8.46. The second-order valence-corrected chi connectivity index (χ2v) is 3.17. The van der Waals surface area contributed by atoms with Crippen LogP contribution in [0.15, 0.2) is 24.3 Å². The van der Waals surface area contributed by atoms with E-state index in [1.54, 1.807) is 0 Å². The van der Waals surface area contributed by atoms with Crippen LogP contribution < -0.4 is 0 Å². The summed E-state index contributed by atoms with van der Waals surface area (Å²) in [6.45, 7) is 6.04. The van der Waals surface area contributed by atoms with Crippen LogP contribution in [0, 0.1) is 6.92 Å². The van der Waals surface area contributed by atoms with Crippen molar-refractivity contribution < 1.29 is 5.11 Å². The largest absolute Gasteiger partial charge is 0.508 e. The summed E-state index contributed by atoms with van der Waals surface area (Å²) in [4.78, 5) is 0. The normalized spacial score (nSPS) is 11.8. The van der Waals surface area contributed by atoms with Gasteiger partial charge >= 0.3 is 0 Å². The van der Waals surface area contributed by atoms with E-state index in [2.05, 4.69) is 13.0 Å². The zero-order valence-corrected chi connectivity index (χ0v) is 8.46. The van der Waals surface area contributed by atoms with E-state index in [0.29, 0.717) is 5.75 Å². The second-order valence-electron chi connectivity index (χ2n) is 3.17. The Morgan fingerprint density at radius 1 is 1.46 bits per heavy atom. The summed E-state index contributed by atoms with van der Waals surface area (Å²) in [5.41, 5.74) is 3.32. The van der Waals surface area contributed by atoms with Gasteiger partial charge in [-0.05, 0) is 43.0 Å². The Hall–Kier alpha value is -1.24. The molecule has 1 aromatic rings. The summed E-state index contributed by atoms with van der Waals surface area (Å²) < 4.78 is 0. The van der Waals surface area contributed by atoms with Crippen LogP contribution in [-0.4, -0.2) is 5.11 Å². The fourth-order valence-corrected chi connectivity index (χ4v) is 1.38. The molecule has 0 unspecified atom stereocenters. The molecule has 0 spiro atoms. The lowest BCUT2D eigenvalue weighted by Crippen LogP contribution is -1.83. The maximum absolute atomic E-state index is 9.51. The average Bonchev–Trinajstić information content (AvgIpc) is 2.13. The summed E-state index contributed by atoms with van der Waals surface area (Å²) in [5, 5.41) is 9.51. The standard InChI is InChI=1S/C12H16O/c1-4-10(5-2)11-7-6-9(3)12(13)8-11/h4,6-8,13H,5H2,1-3H3/b10-4-. The molecule has 1 nitrogen and oxygen atoms in total. The van der Waals surface area contributed by atoms with Crippen LogP contribution in [0.1, 0.15) is 31.4 Å². The van der Waals surface area contributed by atoms with Gasteiger partial charge in [0, 0.05) is 0 Å². The molecular formula is C12H16O. The lowest BCUT2D eigenvalue weighted by molar-refractivity contribution is 0.471. The third-order valence-electron chi connectivity index (χ3n) is 2.31. The summed E-state index contributed by atoms with van der Waals surface area (Å²) in [6, 6.07) is 5.83. The monoisotopic (exact) mass is 176 g/mol. The molecule has 1 rings (SSSR count). The van der Waals surface area contributed by atoms with E-state index in [-0.39, 0.29) is 0 Å². The maximum Gasteiger partial charge on any atom is 0.119 e. The van der Waals surface area contributed by atoms with E-state index in [9.17, 15) is 5.11 Å². The Labute approximate surface area is 79.7 Å². The summed E-state index contributed by atoms with van der Waals surface area (Å²) in [6.07, 6.45) is 3.09. The quantitative estimate of drug-likeness (QED) is 0.731. The first kappa shape index (κ1) is 9.85. The highest BCUT2D eigenvalue weighted by molar-refractivity contribution is 5.66. The lowest BCUT2D eigenvalue weighted by Gasteiger charge is -2.06. The van der Waals surface area contributed by atoms with Crippen molar-refractivity contribution in [2.45, 2.75) is 27.2 Å². The van der Waals surface area contributed by atoms with E-state index in [0.717, 1.165) is 17.5 Å².